The summed E-state index contributed by atoms with van der Waals surface area (Å²) in [5.41, 5.74) is -0.676. The van der Waals surface area contributed by atoms with Gasteiger partial charge in [-0.15, -0.1) is 11.8 Å². The predicted octanol–water partition coefficient (Wildman–Crippen LogP) is 1.05. The molecule has 0 radical (unpaired) electrons. The second kappa shape index (κ2) is 5.79. The molecule has 1 amide bonds. The molecular formula is C13H13N3O3S. The van der Waals surface area contributed by atoms with Gasteiger partial charge in [0.25, 0.3) is 11.5 Å². The second-order valence-electron chi connectivity index (χ2n) is 4.03. The van der Waals surface area contributed by atoms with Crippen molar-refractivity contribution in [2.24, 2.45) is 7.05 Å². The first kappa shape index (κ1) is 14.1. The summed E-state index contributed by atoms with van der Waals surface area (Å²) in [5, 5.41) is 2.67. The number of thioether (sulfide) groups is 1. The SMILES string of the molecule is CSc1ccccc1NC(=O)c1c[nH]c(=O)n(C)c1=O. The first-order chi connectivity index (χ1) is 9.54. The van der Waals surface area contributed by atoms with Crippen molar-refractivity contribution in [3.8, 4) is 0 Å². The maximum absolute atomic E-state index is 12.1. The molecule has 0 spiro atoms. The lowest BCUT2D eigenvalue weighted by Crippen LogP contribution is -2.37. The Morgan fingerprint density at radius 2 is 2.00 bits per heavy atom. The van der Waals surface area contributed by atoms with E-state index in [1.54, 1.807) is 12.1 Å². The molecule has 2 aromatic rings. The van der Waals surface area contributed by atoms with Gasteiger partial charge in [-0.2, -0.15) is 0 Å². The number of aromatic nitrogens is 2. The molecule has 0 atom stereocenters. The first-order valence-electron chi connectivity index (χ1n) is 5.77. The van der Waals surface area contributed by atoms with Crippen molar-refractivity contribution in [1.82, 2.24) is 9.55 Å². The van der Waals surface area contributed by atoms with E-state index in [9.17, 15) is 14.4 Å². The number of rotatable bonds is 3. The van der Waals surface area contributed by atoms with E-state index in [2.05, 4.69) is 10.3 Å². The average molecular weight is 291 g/mol. The quantitative estimate of drug-likeness (QED) is 0.828. The molecular weight excluding hydrogens is 278 g/mol. The summed E-state index contributed by atoms with van der Waals surface area (Å²) in [6.45, 7) is 0. The number of benzene rings is 1. The number of carbonyl (C=O) groups is 1. The molecule has 0 saturated carbocycles. The maximum atomic E-state index is 12.1. The predicted molar refractivity (Wildman–Crippen MR) is 78.5 cm³/mol. The van der Waals surface area contributed by atoms with E-state index in [0.29, 0.717) is 5.69 Å². The van der Waals surface area contributed by atoms with Crippen LogP contribution in [0.1, 0.15) is 10.4 Å². The van der Waals surface area contributed by atoms with E-state index >= 15 is 0 Å². The number of nitrogens with zero attached hydrogens (tertiary/aromatic N) is 1. The summed E-state index contributed by atoms with van der Waals surface area (Å²) in [7, 11) is 1.31. The van der Waals surface area contributed by atoms with Crippen LogP contribution in [0.15, 0.2) is 44.9 Å². The van der Waals surface area contributed by atoms with Crippen LogP contribution in [0.5, 0.6) is 0 Å². The molecule has 0 aliphatic carbocycles. The molecule has 2 N–H and O–H groups in total. The van der Waals surface area contributed by atoms with Crippen LogP contribution in [-0.2, 0) is 7.05 Å². The average Bonchev–Trinajstić information content (AvgIpc) is 2.45. The Labute approximate surface area is 118 Å². The molecule has 1 heterocycles. The highest BCUT2D eigenvalue weighted by Gasteiger charge is 2.14. The number of nitrogens with one attached hydrogen (secondary N) is 2. The third-order valence-corrected chi connectivity index (χ3v) is 3.58. The molecule has 20 heavy (non-hydrogen) atoms. The lowest BCUT2D eigenvalue weighted by molar-refractivity contribution is 0.102. The van der Waals surface area contributed by atoms with Gasteiger partial charge in [0.2, 0.25) is 0 Å². The number of hydrogen-bond acceptors (Lipinski definition) is 4. The topological polar surface area (TPSA) is 84.0 Å². The van der Waals surface area contributed by atoms with Crippen molar-refractivity contribution in [3.63, 3.8) is 0 Å². The lowest BCUT2D eigenvalue weighted by Gasteiger charge is -2.09. The van der Waals surface area contributed by atoms with E-state index in [0.717, 1.165) is 15.7 Å². The number of anilines is 1. The number of H-pyrrole nitrogens is 1. The van der Waals surface area contributed by atoms with Crippen LogP contribution in [0.25, 0.3) is 0 Å². The van der Waals surface area contributed by atoms with E-state index in [4.69, 9.17) is 0 Å². The van der Waals surface area contributed by atoms with E-state index < -0.39 is 17.2 Å². The van der Waals surface area contributed by atoms with Gasteiger partial charge in [0.15, 0.2) is 0 Å². The van der Waals surface area contributed by atoms with Gasteiger partial charge in [-0.3, -0.25) is 14.2 Å². The van der Waals surface area contributed by atoms with Gasteiger partial charge in [0.1, 0.15) is 5.56 Å². The number of amides is 1. The summed E-state index contributed by atoms with van der Waals surface area (Å²) >= 11 is 1.49. The Bertz CT molecular complexity index is 764. The normalized spacial score (nSPS) is 10.3. The smallest absolute Gasteiger partial charge is 0.321 e. The minimum atomic E-state index is -0.632. The van der Waals surface area contributed by atoms with Crippen LogP contribution in [0.4, 0.5) is 5.69 Å². The second-order valence-corrected chi connectivity index (χ2v) is 4.87. The molecule has 6 nitrogen and oxygen atoms in total. The van der Waals surface area contributed by atoms with E-state index in [-0.39, 0.29) is 5.56 Å². The van der Waals surface area contributed by atoms with Crippen LogP contribution in [0.2, 0.25) is 0 Å². The third-order valence-electron chi connectivity index (χ3n) is 2.78. The fraction of sp³-hybridized carbons (Fsp3) is 0.154. The van der Waals surface area contributed by atoms with Gasteiger partial charge < -0.3 is 10.3 Å². The number of aromatic amines is 1. The zero-order chi connectivity index (χ0) is 14.7. The molecule has 0 unspecified atom stereocenters. The van der Waals surface area contributed by atoms with Gasteiger partial charge in [0, 0.05) is 18.1 Å². The molecule has 0 saturated heterocycles. The first-order valence-corrected chi connectivity index (χ1v) is 7.00. The van der Waals surface area contributed by atoms with Gasteiger partial charge >= 0.3 is 5.69 Å². The Hall–Kier alpha value is -2.28. The summed E-state index contributed by atoms with van der Waals surface area (Å²) in [4.78, 5) is 38.4. The Morgan fingerprint density at radius 3 is 2.70 bits per heavy atom. The Morgan fingerprint density at radius 1 is 1.30 bits per heavy atom. The summed E-state index contributed by atoms with van der Waals surface area (Å²) in [6, 6.07) is 7.27. The lowest BCUT2D eigenvalue weighted by atomic mass is 10.2. The van der Waals surface area contributed by atoms with Crippen LogP contribution >= 0.6 is 11.8 Å². The maximum Gasteiger partial charge on any atom is 0.328 e. The zero-order valence-corrected chi connectivity index (χ0v) is 11.8. The molecule has 0 fully saturated rings. The Kier molecular flexibility index (Phi) is 4.09. The molecule has 2 rings (SSSR count). The van der Waals surface area contributed by atoms with E-state index in [1.807, 2.05) is 18.4 Å². The highest BCUT2D eigenvalue weighted by atomic mass is 32.2. The van der Waals surface area contributed by atoms with E-state index in [1.165, 1.54) is 18.8 Å². The van der Waals surface area contributed by atoms with Crippen LogP contribution in [0.3, 0.4) is 0 Å². The molecule has 1 aromatic heterocycles. The minimum Gasteiger partial charge on any atom is -0.321 e. The van der Waals surface area contributed by atoms with Crippen molar-refractivity contribution < 1.29 is 4.79 Å². The van der Waals surface area contributed by atoms with Gasteiger partial charge in [-0.25, -0.2) is 4.79 Å². The van der Waals surface area contributed by atoms with Gasteiger partial charge in [-0.1, -0.05) is 12.1 Å². The zero-order valence-electron chi connectivity index (χ0n) is 11.0. The van der Waals surface area contributed by atoms with Crippen molar-refractivity contribution in [3.05, 3.63) is 56.9 Å². The van der Waals surface area contributed by atoms with Gasteiger partial charge in [0.05, 0.1) is 5.69 Å². The van der Waals surface area contributed by atoms with Crippen molar-refractivity contribution in [1.29, 1.82) is 0 Å². The molecule has 104 valence electrons. The van der Waals surface area contributed by atoms with Crippen molar-refractivity contribution >= 4 is 23.4 Å². The highest BCUT2D eigenvalue weighted by Crippen LogP contribution is 2.24. The fourth-order valence-electron chi connectivity index (χ4n) is 1.67. The molecule has 1 aromatic carbocycles. The van der Waals surface area contributed by atoms with Gasteiger partial charge in [-0.05, 0) is 18.4 Å². The summed E-state index contributed by atoms with van der Waals surface area (Å²) < 4.78 is 0.857. The van der Waals surface area contributed by atoms with Crippen LogP contribution < -0.4 is 16.6 Å². The fourth-order valence-corrected chi connectivity index (χ4v) is 2.22. The van der Waals surface area contributed by atoms with Crippen molar-refractivity contribution in [2.75, 3.05) is 11.6 Å². The number of para-hydroxylation sites is 1. The third kappa shape index (κ3) is 2.67. The standard InChI is InChI=1S/C13H13N3O3S/c1-16-12(18)8(7-14-13(16)19)11(17)15-9-5-3-4-6-10(9)20-2/h3-7H,1-2H3,(H,14,19)(H,15,17). The van der Waals surface area contributed by atoms with Crippen LogP contribution in [0, 0.1) is 0 Å². The molecule has 0 aliphatic rings. The highest BCUT2D eigenvalue weighted by molar-refractivity contribution is 7.98. The van der Waals surface area contributed by atoms with Crippen LogP contribution in [-0.4, -0.2) is 21.7 Å². The monoisotopic (exact) mass is 291 g/mol. The number of carbonyl (C=O) groups excluding carboxylic acids is 1. The number of hydrogen-bond donors (Lipinski definition) is 2. The molecule has 0 aliphatic heterocycles. The Balaban J connectivity index is 2.36. The summed E-state index contributed by atoms with van der Waals surface area (Å²) in [6.07, 6.45) is 3.02. The minimum absolute atomic E-state index is 0.108. The summed E-state index contributed by atoms with van der Waals surface area (Å²) in [5.74, 6) is -0.552. The molecule has 7 heteroatoms. The van der Waals surface area contributed by atoms with Crippen molar-refractivity contribution in [2.45, 2.75) is 4.90 Å². The largest absolute Gasteiger partial charge is 0.328 e. The molecule has 0 bridgehead atoms.